The predicted octanol–water partition coefficient (Wildman–Crippen LogP) is 3.85. The summed E-state index contributed by atoms with van der Waals surface area (Å²) in [6.45, 7) is 7.22. The van der Waals surface area contributed by atoms with E-state index in [0.29, 0.717) is 6.04 Å². The normalized spacial score (nSPS) is 24.8. The number of nitrogens with one attached hydrogen (secondary N) is 1. The van der Waals surface area contributed by atoms with Crippen molar-refractivity contribution < 1.29 is 0 Å². The van der Waals surface area contributed by atoms with Gasteiger partial charge < -0.3 is 5.32 Å². The zero-order chi connectivity index (χ0) is 13.9. The maximum absolute atomic E-state index is 3.50. The molecule has 2 atom stereocenters. The van der Waals surface area contributed by atoms with Crippen molar-refractivity contribution >= 4 is 5.69 Å². The van der Waals surface area contributed by atoms with Crippen molar-refractivity contribution in [1.82, 2.24) is 4.90 Å². The van der Waals surface area contributed by atoms with Gasteiger partial charge in [0.25, 0.3) is 0 Å². The Labute approximate surface area is 123 Å². The van der Waals surface area contributed by atoms with E-state index in [1.54, 1.807) is 0 Å². The highest BCUT2D eigenvalue weighted by molar-refractivity contribution is 5.54. The zero-order valence-electron chi connectivity index (χ0n) is 13.0. The molecule has 0 aromatic heterocycles. The zero-order valence-corrected chi connectivity index (χ0v) is 13.0. The number of fused-ring (bicyclic) bond motifs is 1. The number of piperidine rings is 1. The third-order valence-corrected chi connectivity index (χ3v) is 5.06. The number of nitrogens with zero attached hydrogens (tertiary/aromatic N) is 1. The van der Waals surface area contributed by atoms with E-state index in [4.69, 9.17) is 0 Å². The quantitative estimate of drug-likeness (QED) is 0.899. The van der Waals surface area contributed by atoms with E-state index in [0.717, 1.165) is 12.6 Å². The number of benzene rings is 1. The first-order chi connectivity index (χ1) is 9.74. The van der Waals surface area contributed by atoms with Crippen molar-refractivity contribution in [2.45, 2.75) is 64.5 Å². The maximum atomic E-state index is 3.50. The lowest BCUT2D eigenvalue weighted by atomic mass is 9.95. The van der Waals surface area contributed by atoms with Gasteiger partial charge in [-0.05, 0) is 69.7 Å². The van der Waals surface area contributed by atoms with Crippen molar-refractivity contribution in [3.8, 4) is 0 Å². The topological polar surface area (TPSA) is 15.3 Å². The van der Waals surface area contributed by atoms with Crippen LogP contribution in [0.1, 0.15) is 50.7 Å². The van der Waals surface area contributed by atoms with Crippen LogP contribution in [0.2, 0.25) is 0 Å². The van der Waals surface area contributed by atoms with Gasteiger partial charge in [-0.3, -0.25) is 4.90 Å². The molecule has 2 nitrogen and oxygen atoms in total. The molecule has 20 heavy (non-hydrogen) atoms. The van der Waals surface area contributed by atoms with Crippen LogP contribution in [0.4, 0.5) is 5.69 Å². The summed E-state index contributed by atoms with van der Waals surface area (Å²) in [7, 11) is 0. The SMILES string of the molecule is CC1CCCCN1C(C)Cc1ccc2c(c1)CCCN2. The van der Waals surface area contributed by atoms with Gasteiger partial charge in [0.1, 0.15) is 0 Å². The first kappa shape index (κ1) is 13.9. The van der Waals surface area contributed by atoms with E-state index < -0.39 is 0 Å². The summed E-state index contributed by atoms with van der Waals surface area (Å²) in [6.07, 6.45) is 7.87. The summed E-state index contributed by atoms with van der Waals surface area (Å²) in [6, 6.07) is 8.48. The predicted molar refractivity (Wildman–Crippen MR) is 86.4 cm³/mol. The van der Waals surface area contributed by atoms with Crippen LogP contribution in [-0.4, -0.2) is 30.1 Å². The Morgan fingerprint density at radius 3 is 3.05 bits per heavy atom. The van der Waals surface area contributed by atoms with E-state index in [-0.39, 0.29) is 0 Å². The van der Waals surface area contributed by atoms with Crippen LogP contribution < -0.4 is 5.32 Å². The smallest absolute Gasteiger partial charge is 0.0372 e. The van der Waals surface area contributed by atoms with Gasteiger partial charge in [-0.2, -0.15) is 0 Å². The van der Waals surface area contributed by atoms with Crippen LogP contribution in [0.15, 0.2) is 18.2 Å². The molecule has 2 heterocycles. The lowest BCUT2D eigenvalue weighted by molar-refractivity contribution is 0.114. The molecule has 0 radical (unpaired) electrons. The highest BCUT2D eigenvalue weighted by Crippen LogP contribution is 2.25. The van der Waals surface area contributed by atoms with Gasteiger partial charge in [0.05, 0.1) is 0 Å². The summed E-state index contributed by atoms with van der Waals surface area (Å²) in [5, 5.41) is 3.50. The Hall–Kier alpha value is -1.02. The second-order valence-electron chi connectivity index (χ2n) is 6.66. The van der Waals surface area contributed by atoms with E-state index in [1.165, 1.54) is 61.9 Å². The molecule has 2 aliphatic heterocycles. The molecule has 3 rings (SSSR count). The van der Waals surface area contributed by atoms with E-state index in [1.807, 2.05) is 0 Å². The highest BCUT2D eigenvalue weighted by atomic mass is 15.2. The molecule has 0 aliphatic carbocycles. The molecule has 1 aromatic rings. The second-order valence-corrected chi connectivity index (χ2v) is 6.66. The van der Waals surface area contributed by atoms with Crippen LogP contribution in [0.3, 0.4) is 0 Å². The number of likely N-dealkylation sites (tertiary alicyclic amines) is 1. The van der Waals surface area contributed by atoms with E-state index in [2.05, 4.69) is 42.3 Å². The standard InChI is InChI=1S/C18H28N2/c1-14-6-3-4-11-20(14)15(2)12-16-8-9-18-17(13-16)7-5-10-19-18/h8-9,13-15,19H,3-7,10-12H2,1-2H3. The summed E-state index contributed by atoms with van der Waals surface area (Å²) < 4.78 is 0. The third-order valence-electron chi connectivity index (χ3n) is 5.06. The fourth-order valence-electron chi connectivity index (χ4n) is 3.89. The largest absolute Gasteiger partial charge is 0.385 e. The van der Waals surface area contributed by atoms with Crippen molar-refractivity contribution in [2.75, 3.05) is 18.4 Å². The summed E-state index contributed by atoms with van der Waals surface area (Å²) in [5.41, 5.74) is 4.39. The van der Waals surface area contributed by atoms with Gasteiger partial charge in [0.15, 0.2) is 0 Å². The Morgan fingerprint density at radius 1 is 1.30 bits per heavy atom. The Balaban J connectivity index is 1.67. The van der Waals surface area contributed by atoms with Crippen molar-refractivity contribution in [3.63, 3.8) is 0 Å². The van der Waals surface area contributed by atoms with Crippen LogP contribution >= 0.6 is 0 Å². The Morgan fingerprint density at radius 2 is 2.20 bits per heavy atom. The highest BCUT2D eigenvalue weighted by Gasteiger charge is 2.23. The molecule has 1 fully saturated rings. The molecule has 0 saturated carbocycles. The molecule has 110 valence electrons. The fraction of sp³-hybridized carbons (Fsp3) is 0.667. The summed E-state index contributed by atoms with van der Waals surface area (Å²) in [5.74, 6) is 0. The minimum atomic E-state index is 0.667. The number of rotatable bonds is 3. The van der Waals surface area contributed by atoms with E-state index in [9.17, 15) is 0 Å². The molecule has 1 saturated heterocycles. The van der Waals surface area contributed by atoms with Crippen molar-refractivity contribution in [1.29, 1.82) is 0 Å². The first-order valence-electron chi connectivity index (χ1n) is 8.35. The molecular formula is C18H28N2. The maximum Gasteiger partial charge on any atom is 0.0372 e. The van der Waals surface area contributed by atoms with Crippen LogP contribution in [-0.2, 0) is 12.8 Å². The molecule has 2 aliphatic rings. The van der Waals surface area contributed by atoms with E-state index >= 15 is 0 Å². The van der Waals surface area contributed by atoms with Gasteiger partial charge in [-0.25, -0.2) is 0 Å². The minimum Gasteiger partial charge on any atom is -0.385 e. The molecule has 0 amide bonds. The fourth-order valence-corrected chi connectivity index (χ4v) is 3.89. The summed E-state index contributed by atoms with van der Waals surface area (Å²) >= 11 is 0. The number of hydrogen-bond donors (Lipinski definition) is 1. The molecule has 1 N–H and O–H groups in total. The van der Waals surface area contributed by atoms with Gasteiger partial charge in [-0.1, -0.05) is 18.6 Å². The molecule has 2 unspecified atom stereocenters. The van der Waals surface area contributed by atoms with Crippen molar-refractivity contribution in [3.05, 3.63) is 29.3 Å². The minimum absolute atomic E-state index is 0.667. The van der Waals surface area contributed by atoms with Crippen molar-refractivity contribution in [2.24, 2.45) is 0 Å². The van der Waals surface area contributed by atoms with Gasteiger partial charge in [0, 0.05) is 24.3 Å². The van der Waals surface area contributed by atoms with Gasteiger partial charge in [0.2, 0.25) is 0 Å². The monoisotopic (exact) mass is 272 g/mol. The molecule has 1 aromatic carbocycles. The summed E-state index contributed by atoms with van der Waals surface area (Å²) in [4.78, 5) is 2.71. The molecule has 2 heteroatoms. The molecule has 0 spiro atoms. The van der Waals surface area contributed by atoms with Crippen LogP contribution in [0.25, 0.3) is 0 Å². The molecular weight excluding hydrogens is 244 g/mol. The number of anilines is 1. The van der Waals surface area contributed by atoms with Crippen LogP contribution in [0.5, 0.6) is 0 Å². The Kier molecular flexibility index (Phi) is 4.30. The number of hydrogen-bond acceptors (Lipinski definition) is 2. The van der Waals surface area contributed by atoms with Gasteiger partial charge >= 0.3 is 0 Å². The molecule has 0 bridgehead atoms. The average molecular weight is 272 g/mol. The van der Waals surface area contributed by atoms with Crippen LogP contribution in [0, 0.1) is 0 Å². The van der Waals surface area contributed by atoms with Gasteiger partial charge in [-0.15, -0.1) is 0 Å². The Bertz CT molecular complexity index is 455. The number of aryl methyl sites for hydroxylation is 1. The first-order valence-corrected chi connectivity index (χ1v) is 8.35. The lowest BCUT2D eigenvalue weighted by Gasteiger charge is -2.38. The average Bonchev–Trinajstić information content (AvgIpc) is 2.47. The second kappa shape index (κ2) is 6.17. The third kappa shape index (κ3) is 3.01. The lowest BCUT2D eigenvalue weighted by Crippen LogP contribution is -2.44.